The molecule has 0 bridgehead atoms. The standard InChI is InChI=1S/C18H13FN4O/c19-17-7-6-15(8-14(17)9-20)23-18-21-10-16(11-22-18)24-12-13-4-2-1-3-5-13/h1-8,10-11H,12H2,(H,21,22,23). The second kappa shape index (κ2) is 7.20. The number of hydrogen-bond donors (Lipinski definition) is 1. The SMILES string of the molecule is N#Cc1cc(Nc2ncc(OCc3ccccc3)cn2)ccc1F. The summed E-state index contributed by atoms with van der Waals surface area (Å²) in [6.07, 6.45) is 3.10. The Bertz CT molecular complexity index is 860. The molecule has 1 heterocycles. The first kappa shape index (κ1) is 15.4. The molecule has 0 spiro atoms. The highest BCUT2D eigenvalue weighted by Gasteiger charge is 2.05. The van der Waals surface area contributed by atoms with Crippen LogP contribution in [0.1, 0.15) is 11.1 Å². The van der Waals surface area contributed by atoms with Gasteiger partial charge in [-0.15, -0.1) is 0 Å². The molecule has 0 aliphatic heterocycles. The zero-order chi connectivity index (χ0) is 16.8. The predicted molar refractivity (Wildman–Crippen MR) is 87.2 cm³/mol. The zero-order valence-corrected chi connectivity index (χ0v) is 12.6. The van der Waals surface area contributed by atoms with Crippen LogP contribution in [0.4, 0.5) is 16.0 Å². The normalized spacial score (nSPS) is 10.0. The molecule has 0 radical (unpaired) electrons. The van der Waals surface area contributed by atoms with Crippen LogP contribution >= 0.6 is 0 Å². The van der Waals surface area contributed by atoms with Gasteiger partial charge in [0.1, 0.15) is 18.5 Å². The first-order valence-electron chi connectivity index (χ1n) is 7.20. The zero-order valence-electron chi connectivity index (χ0n) is 12.6. The van der Waals surface area contributed by atoms with E-state index in [-0.39, 0.29) is 5.56 Å². The first-order valence-corrected chi connectivity index (χ1v) is 7.20. The van der Waals surface area contributed by atoms with Crippen molar-refractivity contribution in [2.75, 3.05) is 5.32 Å². The summed E-state index contributed by atoms with van der Waals surface area (Å²) < 4.78 is 18.9. The van der Waals surface area contributed by atoms with Gasteiger partial charge in [-0.05, 0) is 23.8 Å². The van der Waals surface area contributed by atoms with Crippen molar-refractivity contribution in [1.29, 1.82) is 5.26 Å². The van der Waals surface area contributed by atoms with Gasteiger partial charge in [-0.1, -0.05) is 30.3 Å². The number of hydrogen-bond acceptors (Lipinski definition) is 5. The van der Waals surface area contributed by atoms with Crippen LogP contribution in [0.3, 0.4) is 0 Å². The summed E-state index contributed by atoms with van der Waals surface area (Å²) in [4.78, 5) is 8.28. The Labute approximate surface area is 138 Å². The third-order valence-corrected chi connectivity index (χ3v) is 3.22. The molecule has 0 aliphatic carbocycles. The molecule has 6 heteroatoms. The molecule has 0 fully saturated rings. The molecule has 2 aromatic carbocycles. The van der Waals surface area contributed by atoms with Gasteiger partial charge in [0.15, 0.2) is 5.75 Å². The molecule has 3 rings (SSSR count). The Morgan fingerprint density at radius 1 is 1.08 bits per heavy atom. The number of benzene rings is 2. The van der Waals surface area contributed by atoms with Crippen LogP contribution in [0.2, 0.25) is 0 Å². The highest BCUT2D eigenvalue weighted by molar-refractivity contribution is 5.56. The van der Waals surface area contributed by atoms with E-state index in [0.717, 1.165) is 5.56 Å². The molecule has 0 saturated heterocycles. The Morgan fingerprint density at radius 3 is 2.54 bits per heavy atom. The molecule has 1 aromatic heterocycles. The van der Waals surface area contributed by atoms with Crippen LogP contribution in [0, 0.1) is 17.1 Å². The van der Waals surface area contributed by atoms with Crippen LogP contribution in [-0.4, -0.2) is 9.97 Å². The maximum atomic E-state index is 13.3. The minimum Gasteiger partial charge on any atom is -0.486 e. The maximum Gasteiger partial charge on any atom is 0.227 e. The lowest BCUT2D eigenvalue weighted by Crippen LogP contribution is -2.00. The third kappa shape index (κ3) is 3.84. The van der Waals surface area contributed by atoms with E-state index in [2.05, 4.69) is 15.3 Å². The minimum atomic E-state index is -0.561. The van der Waals surface area contributed by atoms with Gasteiger partial charge in [0.2, 0.25) is 5.95 Å². The number of rotatable bonds is 5. The van der Waals surface area contributed by atoms with Crippen molar-refractivity contribution >= 4 is 11.6 Å². The molecular weight excluding hydrogens is 307 g/mol. The van der Waals surface area contributed by atoms with E-state index in [1.54, 1.807) is 18.5 Å². The second-order valence-corrected chi connectivity index (χ2v) is 4.95. The second-order valence-electron chi connectivity index (χ2n) is 4.95. The summed E-state index contributed by atoms with van der Waals surface area (Å²) >= 11 is 0. The van der Waals surface area contributed by atoms with Gasteiger partial charge in [0, 0.05) is 5.69 Å². The van der Waals surface area contributed by atoms with Gasteiger partial charge in [-0.2, -0.15) is 5.26 Å². The Balaban J connectivity index is 1.63. The Morgan fingerprint density at radius 2 is 1.83 bits per heavy atom. The molecular formula is C18H13FN4O. The van der Waals surface area contributed by atoms with Crippen molar-refractivity contribution in [3.8, 4) is 11.8 Å². The first-order chi connectivity index (χ1) is 11.7. The average molecular weight is 320 g/mol. The average Bonchev–Trinajstić information content (AvgIpc) is 2.63. The fraction of sp³-hybridized carbons (Fsp3) is 0.0556. The van der Waals surface area contributed by atoms with E-state index in [4.69, 9.17) is 10.00 Å². The van der Waals surface area contributed by atoms with Crippen LogP contribution in [-0.2, 0) is 6.61 Å². The minimum absolute atomic E-state index is 0.0391. The lowest BCUT2D eigenvalue weighted by Gasteiger charge is -2.08. The number of aromatic nitrogens is 2. The maximum absolute atomic E-state index is 13.3. The van der Waals surface area contributed by atoms with Crippen molar-refractivity contribution in [3.63, 3.8) is 0 Å². The quantitative estimate of drug-likeness (QED) is 0.774. The highest BCUT2D eigenvalue weighted by atomic mass is 19.1. The summed E-state index contributed by atoms with van der Waals surface area (Å²) in [7, 11) is 0. The van der Waals surface area contributed by atoms with Crippen LogP contribution < -0.4 is 10.1 Å². The number of nitrogens with zero attached hydrogens (tertiary/aromatic N) is 3. The van der Waals surface area contributed by atoms with E-state index in [9.17, 15) is 4.39 Å². The van der Waals surface area contributed by atoms with Crippen molar-refractivity contribution in [2.24, 2.45) is 0 Å². The van der Waals surface area contributed by atoms with Crippen molar-refractivity contribution in [1.82, 2.24) is 9.97 Å². The van der Waals surface area contributed by atoms with Crippen LogP contribution in [0.15, 0.2) is 60.9 Å². The van der Waals surface area contributed by atoms with Crippen LogP contribution in [0.25, 0.3) is 0 Å². The summed E-state index contributed by atoms with van der Waals surface area (Å²) in [6, 6.07) is 15.7. The fourth-order valence-corrected chi connectivity index (χ4v) is 2.01. The smallest absolute Gasteiger partial charge is 0.227 e. The number of halogens is 1. The van der Waals surface area contributed by atoms with Gasteiger partial charge in [-0.25, -0.2) is 14.4 Å². The predicted octanol–water partition coefficient (Wildman–Crippen LogP) is 3.81. The highest BCUT2D eigenvalue weighted by Crippen LogP contribution is 2.18. The van der Waals surface area contributed by atoms with Gasteiger partial charge in [0.25, 0.3) is 0 Å². The molecule has 0 saturated carbocycles. The third-order valence-electron chi connectivity index (χ3n) is 3.22. The number of nitriles is 1. The molecule has 0 amide bonds. The molecule has 118 valence electrons. The van der Waals surface area contributed by atoms with Crippen molar-refractivity contribution in [3.05, 3.63) is 77.9 Å². The van der Waals surface area contributed by atoms with Crippen molar-refractivity contribution < 1.29 is 9.13 Å². The van der Waals surface area contributed by atoms with E-state index >= 15 is 0 Å². The van der Waals surface area contributed by atoms with Crippen LogP contribution in [0.5, 0.6) is 5.75 Å². The molecule has 3 aromatic rings. The topological polar surface area (TPSA) is 70.8 Å². The Kier molecular flexibility index (Phi) is 4.63. The van der Waals surface area contributed by atoms with Gasteiger partial charge < -0.3 is 10.1 Å². The van der Waals surface area contributed by atoms with Crippen molar-refractivity contribution in [2.45, 2.75) is 6.61 Å². The molecule has 0 unspecified atom stereocenters. The van der Waals surface area contributed by atoms with Gasteiger partial charge in [-0.3, -0.25) is 0 Å². The summed E-state index contributed by atoms with van der Waals surface area (Å²) in [6.45, 7) is 0.431. The lowest BCUT2D eigenvalue weighted by molar-refractivity contribution is 0.303. The van der Waals surface area contributed by atoms with E-state index in [1.807, 2.05) is 30.3 Å². The monoisotopic (exact) mass is 320 g/mol. The lowest BCUT2D eigenvalue weighted by atomic mass is 10.2. The molecule has 5 nitrogen and oxygen atoms in total. The molecule has 0 atom stereocenters. The van der Waals surface area contributed by atoms with E-state index < -0.39 is 5.82 Å². The molecule has 0 aliphatic rings. The fourth-order valence-electron chi connectivity index (χ4n) is 2.01. The van der Waals surface area contributed by atoms with Gasteiger partial charge >= 0.3 is 0 Å². The number of anilines is 2. The Hall–Kier alpha value is -3.46. The summed E-state index contributed by atoms with van der Waals surface area (Å²) in [5.41, 5.74) is 1.55. The van der Waals surface area contributed by atoms with Gasteiger partial charge in [0.05, 0.1) is 18.0 Å². The summed E-state index contributed by atoms with van der Waals surface area (Å²) in [5.74, 6) is 0.312. The van der Waals surface area contributed by atoms with E-state index in [0.29, 0.717) is 24.0 Å². The largest absolute Gasteiger partial charge is 0.486 e. The summed E-state index contributed by atoms with van der Waals surface area (Å²) in [5, 5.41) is 11.7. The number of nitrogens with one attached hydrogen (secondary N) is 1. The molecule has 1 N–H and O–H groups in total. The number of ether oxygens (including phenoxy) is 1. The molecule has 24 heavy (non-hydrogen) atoms. The van der Waals surface area contributed by atoms with E-state index in [1.165, 1.54) is 18.2 Å².